The summed E-state index contributed by atoms with van der Waals surface area (Å²) in [7, 11) is 0. The molecule has 4 nitrogen and oxygen atoms in total. The van der Waals surface area contributed by atoms with Crippen LogP contribution in [-0.4, -0.2) is 19.9 Å². The fraction of sp³-hybridized carbons (Fsp3) is 0.571. The number of H-pyrrole nitrogens is 2. The Labute approximate surface area is 118 Å². The van der Waals surface area contributed by atoms with Crippen LogP contribution in [0, 0.1) is 13.8 Å². The largest absolute Gasteiger partial charge is 0.346 e. The zero-order valence-corrected chi connectivity index (χ0v) is 12.9. The quantitative estimate of drug-likeness (QED) is 0.852. The molecule has 0 unspecified atom stereocenters. The second-order valence-corrected chi connectivity index (χ2v) is 5.70. The van der Waals surface area contributed by atoms with Crippen LogP contribution in [-0.2, 0) is 24.3 Å². The van der Waals surface area contributed by atoms with E-state index in [4.69, 9.17) is 0 Å². The summed E-state index contributed by atoms with van der Waals surface area (Å²) in [6, 6.07) is 0. The minimum absolute atomic E-state index is 0.941. The Morgan fingerprint density at radius 2 is 1.26 bits per heavy atom. The molecule has 0 aromatic carbocycles. The molecule has 0 fully saturated rings. The number of aromatic nitrogens is 4. The Morgan fingerprint density at radius 1 is 0.842 bits per heavy atom. The lowest BCUT2D eigenvalue weighted by Crippen LogP contribution is -1.89. The number of nitrogens with one attached hydrogen (secondary N) is 2. The fourth-order valence-corrected chi connectivity index (χ4v) is 3.04. The van der Waals surface area contributed by atoms with Crippen molar-refractivity contribution in [3.63, 3.8) is 0 Å². The minimum Gasteiger partial charge on any atom is -0.346 e. The van der Waals surface area contributed by atoms with Crippen LogP contribution in [0.25, 0.3) is 0 Å². The number of hydrogen-bond acceptors (Lipinski definition) is 3. The lowest BCUT2D eigenvalue weighted by molar-refractivity contribution is 0.975. The Balaban J connectivity index is 1.92. The molecule has 0 amide bonds. The highest BCUT2D eigenvalue weighted by Gasteiger charge is 2.08. The topological polar surface area (TPSA) is 57.4 Å². The van der Waals surface area contributed by atoms with E-state index in [0.717, 1.165) is 36.0 Å². The van der Waals surface area contributed by atoms with Crippen LogP contribution in [0.5, 0.6) is 0 Å². The molecule has 0 atom stereocenters. The van der Waals surface area contributed by atoms with E-state index in [1.165, 1.54) is 22.8 Å². The third kappa shape index (κ3) is 3.41. The van der Waals surface area contributed by atoms with Crippen molar-refractivity contribution >= 4 is 11.8 Å². The number of nitrogens with zero attached hydrogens (tertiary/aromatic N) is 2. The second-order valence-electron chi connectivity index (χ2n) is 4.71. The minimum atomic E-state index is 0.941. The predicted octanol–water partition coefficient (Wildman–Crippen LogP) is 3.31. The van der Waals surface area contributed by atoms with Gasteiger partial charge in [-0.25, -0.2) is 9.97 Å². The number of thioether (sulfide) groups is 1. The summed E-state index contributed by atoms with van der Waals surface area (Å²) in [5, 5.41) is 0. The first-order valence-electron chi connectivity index (χ1n) is 6.80. The summed E-state index contributed by atoms with van der Waals surface area (Å²) in [5.41, 5.74) is 4.73. The van der Waals surface area contributed by atoms with Gasteiger partial charge in [0.15, 0.2) is 0 Å². The van der Waals surface area contributed by atoms with Crippen molar-refractivity contribution in [1.82, 2.24) is 19.9 Å². The van der Waals surface area contributed by atoms with Crippen molar-refractivity contribution in [3.8, 4) is 0 Å². The summed E-state index contributed by atoms with van der Waals surface area (Å²) in [6.45, 7) is 8.43. The van der Waals surface area contributed by atoms with Crippen LogP contribution in [0.4, 0.5) is 0 Å². The van der Waals surface area contributed by atoms with E-state index < -0.39 is 0 Å². The third-order valence-corrected chi connectivity index (χ3v) is 4.17. The predicted molar refractivity (Wildman–Crippen MR) is 80.4 cm³/mol. The van der Waals surface area contributed by atoms with Gasteiger partial charge in [0.05, 0.1) is 11.4 Å². The smallest absolute Gasteiger partial charge is 0.106 e. The normalized spacial score (nSPS) is 11.2. The van der Waals surface area contributed by atoms with Crippen LogP contribution >= 0.6 is 11.8 Å². The zero-order valence-electron chi connectivity index (χ0n) is 12.1. The van der Waals surface area contributed by atoms with E-state index in [-0.39, 0.29) is 0 Å². The van der Waals surface area contributed by atoms with Crippen molar-refractivity contribution in [1.29, 1.82) is 0 Å². The van der Waals surface area contributed by atoms with Gasteiger partial charge in [-0.05, 0) is 13.8 Å². The first-order valence-corrected chi connectivity index (χ1v) is 7.95. The molecule has 0 radical (unpaired) electrons. The number of aromatic amines is 2. The molecule has 2 N–H and O–H groups in total. The molecule has 2 heterocycles. The summed E-state index contributed by atoms with van der Waals surface area (Å²) < 4.78 is 0. The van der Waals surface area contributed by atoms with Gasteiger partial charge in [-0.15, -0.1) is 11.8 Å². The van der Waals surface area contributed by atoms with Gasteiger partial charge >= 0.3 is 0 Å². The summed E-state index contributed by atoms with van der Waals surface area (Å²) in [5.74, 6) is 4.04. The molecule has 19 heavy (non-hydrogen) atoms. The van der Waals surface area contributed by atoms with E-state index in [9.17, 15) is 0 Å². The highest BCUT2D eigenvalue weighted by molar-refractivity contribution is 7.97. The standard InChI is InChI=1S/C14H22N4S/c1-5-13-15-9(3)11(17-13)7-19-8-12-10(4)16-14(6-2)18-12/h5-8H2,1-4H3,(H,15,17)(H,16,18). The fourth-order valence-electron chi connectivity index (χ4n) is 1.99. The zero-order chi connectivity index (χ0) is 13.8. The Hall–Kier alpha value is -1.23. The molecular weight excluding hydrogens is 256 g/mol. The lowest BCUT2D eigenvalue weighted by atomic mass is 10.4. The van der Waals surface area contributed by atoms with E-state index >= 15 is 0 Å². The molecule has 0 saturated heterocycles. The van der Waals surface area contributed by atoms with Gasteiger partial charge in [-0.2, -0.15) is 0 Å². The van der Waals surface area contributed by atoms with Crippen molar-refractivity contribution in [2.75, 3.05) is 0 Å². The average Bonchev–Trinajstić information content (AvgIpc) is 2.94. The van der Waals surface area contributed by atoms with Crippen LogP contribution in [0.2, 0.25) is 0 Å². The van der Waals surface area contributed by atoms with Gasteiger partial charge in [0.2, 0.25) is 0 Å². The van der Waals surface area contributed by atoms with Crippen LogP contribution < -0.4 is 0 Å². The first kappa shape index (κ1) is 14.2. The second kappa shape index (κ2) is 6.28. The molecule has 104 valence electrons. The SMILES string of the molecule is CCc1nc(CSCc2nc(CC)[nH]c2C)c(C)[nH]1. The van der Waals surface area contributed by atoms with Crippen molar-refractivity contribution < 1.29 is 0 Å². The van der Waals surface area contributed by atoms with E-state index in [1.807, 2.05) is 11.8 Å². The molecule has 2 aromatic rings. The maximum atomic E-state index is 4.60. The molecule has 0 aliphatic rings. The van der Waals surface area contributed by atoms with Crippen LogP contribution in [0.1, 0.15) is 48.3 Å². The van der Waals surface area contributed by atoms with E-state index in [1.54, 1.807) is 0 Å². The summed E-state index contributed by atoms with van der Waals surface area (Å²) >= 11 is 1.87. The van der Waals surface area contributed by atoms with Crippen molar-refractivity contribution in [2.24, 2.45) is 0 Å². The summed E-state index contributed by atoms with van der Waals surface area (Å²) in [6.07, 6.45) is 1.92. The van der Waals surface area contributed by atoms with Gasteiger partial charge in [0, 0.05) is 35.7 Å². The average molecular weight is 278 g/mol. The maximum Gasteiger partial charge on any atom is 0.106 e. The van der Waals surface area contributed by atoms with Crippen LogP contribution in [0.15, 0.2) is 0 Å². The highest BCUT2D eigenvalue weighted by Crippen LogP contribution is 2.20. The monoisotopic (exact) mass is 278 g/mol. The molecule has 0 aliphatic carbocycles. The first-order chi connectivity index (χ1) is 9.13. The van der Waals surface area contributed by atoms with Gasteiger partial charge < -0.3 is 9.97 Å². The van der Waals surface area contributed by atoms with Crippen LogP contribution in [0.3, 0.4) is 0 Å². The third-order valence-electron chi connectivity index (χ3n) is 3.22. The Morgan fingerprint density at radius 3 is 1.58 bits per heavy atom. The molecule has 5 heteroatoms. The summed E-state index contributed by atoms with van der Waals surface area (Å²) in [4.78, 5) is 15.8. The molecule has 0 saturated carbocycles. The molecular formula is C14H22N4S. The number of rotatable bonds is 6. The van der Waals surface area contributed by atoms with Gasteiger partial charge in [0.25, 0.3) is 0 Å². The highest BCUT2D eigenvalue weighted by atomic mass is 32.2. The van der Waals surface area contributed by atoms with Gasteiger partial charge in [-0.3, -0.25) is 0 Å². The molecule has 0 spiro atoms. The Kier molecular flexibility index (Phi) is 4.69. The number of imidazole rings is 2. The van der Waals surface area contributed by atoms with Crippen molar-refractivity contribution in [3.05, 3.63) is 34.4 Å². The van der Waals surface area contributed by atoms with E-state index in [0.29, 0.717) is 0 Å². The van der Waals surface area contributed by atoms with Gasteiger partial charge in [-0.1, -0.05) is 13.8 Å². The molecule has 0 bridgehead atoms. The van der Waals surface area contributed by atoms with Crippen molar-refractivity contribution in [2.45, 2.75) is 52.0 Å². The van der Waals surface area contributed by atoms with Gasteiger partial charge in [0.1, 0.15) is 11.6 Å². The molecule has 2 rings (SSSR count). The number of hydrogen-bond donors (Lipinski definition) is 2. The molecule has 0 aliphatic heterocycles. The lowest BCUT2D eigenvalue weighted by Gasteiger charge is -1.99. The maximum absolute atomic E-state index is 4.60. The number of aryl methyl sites for hydroxylation is 4. The Bertz CT molecular complexity index is 493. The van der Waals surface area contributed by atoms with E-state index in [2.05, 4.69) is 47.6 Å². The molecule has 2 aromatic heterocycles.